The van der Waals surface area contributed by atoms with Gasteiger partial charge in [0.15, 0.2) is 5.76 Å². The molecule has 1 aliphatic heterocycles. The molecule has 100 valence electrons. The second kappa shape index (κ2) is 6.82. The Morgan fingerprint density at radius 3 is 2.89 bits per heavy atom. The molecule has 18 heavy (non-hydrogen) atoms. The fourth-order valence-electron chi connectivity index (χ4n) is 1.85. The van der Waals surface area contributed by atoms with E-state index in [0.717, 1.165) is 19.6 Å². The van der Waals surface area contributed by atoms with Crippen molar-refractivity contribution in [3.63, 3.8) is 0 Å². The summed E-state index contributed by atoms with van der Waals surface area (Å²) in [5.41, 5.74) is 5.43. The largest absolute Gasteiger partial charge is 0.455 e. The van der Waals surface area contributed by atoms with Gasteiger partial charge in [0, 0.05) is 37.7 Å². The molecule has 1 fully saturated rings. The number of hydrogen-bond donors (Lipinski definition) is 2. The molecule has 1 aromatic rings. The predicted molar refractivity (Wildman–Crippen MR) is 72.7 cm³/mol. The fourth-order valence-corrected chi connectivity index (χ4v) is 2.83. The molecule has 0 spiro atoms. The van der Waals surface area contributed by atoms with E-state index in [0.29, 0.717) is 24.6 Å². The van der Waals surface area contributed by atoms with Gasteiger partial charge in [-0.2, -0.15) is 11.8 Å². The molecule has 1 amide bonds. The monoisotopic (exact) mass is 269 g/mol. The van der Waals surface area contributed by atoms with Crippen LogP contribution in [0.15, 0.2) is 16.5 Å². The first-order valence-corrected chi connectivity index (χ1v) is 7.32. The highest BCUT2D eigenvalue weighted by atomic mass is 32.2. The Kier molecular flexibility index (Phi) is 5.10. The van der Waals surface area contributed by atoms with Gasteiger partial charge in [0.05, 0.1) is 6.54 Å². The van der Waals surface area contributed by atoms with Crippen LogP contribution in [0.1, 0.15) is 16.3 Å². The number of thioether (sulfide) groups is 1. The van der Waals surface area contributed by atoms with Gasteiger partial charge < -0.3 is 15.5 Å². The topological polar surface area (TPSA) is 71.5 Å². The maximum atomic E-state index is 11.7. The Bertz CT molecular complexity index is 388. The van der Waals surface area contributed by atoms with Gasteiger partial charge in [-0.15, -0.1) is 0 Å². The molecule has 2 heterocycles. The maximum absolute atomic E-state index is 11.7. The molecule has 3 N–H and O–H groups in total. The molecule has 0 saturated carbocycles. The Labute approximate surface area is 111 Å². The van der Waals surface area contributed by atoms with Crippen molar-refractivity contribution in [3.05, 3.63) is 23.7 Å². The van der Waals surface area contributed by atoms with Gasteiger partial charge in [-0.25, -0.2) is 0 Å². The van der Waals surface area contributed by atoms with Crippen LogP contribution in [0.2, 0.25) is 0 Å². The van der Waals surface area contributed by atoms with Gasteiger partial charge in [-0.05, 0) is 12.1 Å². The summed E-state index contributed by atoms with van der Waals surface area (Å²) in [6.45, 7) is 4.09. The number of nitrogens with one attached hydrogen (secondary N) is 1. The van der Waals surface area contributed by atoms with E-state index in [4.69, 9.17) is 10.2 Å². The standard InChI is InChI=1S/C12H19N3O2S/c13-9-10-1-2-11(17-10)12(16)14-3-4-15-5-7-18-8-6-15/h1-2H,3-9,13H2,(H,14,16). The van der Waals surface area contributed by atoms with Gasteiger partial charge in [0.2, 0.25) is 0 Å². The molecule has 0 aromatic carbocycles. The van der Waals surface area contributed by atoms with E-state index in [1.54, 1.807) is 12.1 Å². The lowest BCUT2D eigenvalue weighted by atomic mass is 10.4. The van der Waals surface area contributed by atoms with Crippen molar-refractivity contribution in [3.8, 4) is 0 Å². The number of nitrogens with zero attached hydrogens (tertiary/aromatic N) is 1. The molecule has 6 heteroatoms. The third-order valence-corrected chi connectivity index (χ3v) is 3.85. The minimum Gasteiger partial charge on any atom is -0.455 e. The van der Waals surface area contributed by atoms with Crippen LogP contribution in [0.3, 0.4) is 0 Å². The van der Waals surface area contributed by atoms with Crippen molar-refractivity contribution in [2.75, 3.05) is 37.7 Å². The molecular weight excluding hydrogens is 250 g/mol. The summed E-state index contributed by atoms with van der Waals surface area (Å²) in [5, 5.41) is 2.86. The predicted octanol–water partition coefficient (Wildman–Crippen LogP) is 0.517. The molecule has 0 atom stereocenters. The molecule has 1 aliphatic rings. The van der Waals surface area contributed by atoms with E-state index >= 15 is 0 Å². The normalized spacial score (nSPS) is 16.7. The molecule has 0 radical (unpaired) electrons. The Hall–Kier alpha value is -0.980. The van der Waals surface area contributed by atoms with Crippen molar-refractivity contribution in [1.29, 1.82) is 0 Å². The van der Waals surface area contributed by atoms with Crippen LogP contribution >= 0.6 is 11.8 Å². The first kappa shape index (κ1) is 13.5. The number of hydrogen-bond acceptors (Lipinski definition) is 5. The highest BCUT2D eigenvalue weighted by Gasteiger charge is 2.12. The van der Waals surface area contributed by atoms with Crippen molar-refractivity contribution >= 4 is 17.7 Å². The minimum absolute atomic E-state index is 0.166. The zero-order valence-corrected chi connectivity index (χ0v) is 11.2. The average Bonchev–Trinajstić information content (AvgIpc) is 2.89. The molecule has 2 rings (SSSR count). The summed E-state index contributed by atoms with van der Waals surface area (Å²) >= 11 is 1.98. The SMILES string of the molecule is NCc1ccc(C(=O)NCCN2CCSCC2)o1. The first-order valence-electron chi connectivity index (χ1n) is 6.16. The highest BCUT2D eigenvalue weighted by Crippen LogP contribution is 2.08. The lowest BCUT2D eigenvalue weighted by molar-refractivity contribution is 0.0919. The third kappa shape index (κ3) is 3.76. The van der Waals surface area contributed by atoms with Gasteiger partial charge >= 0.3 is 0 Å². The lowest BCUT2D eigenvalue weighted by Gasteiger charge is -2.25. The molecule has 0 bridgehead atoms. The zero-order valence-electron chi connectivity index (χ0n) is 10.4. The van der Waals surface area contributed by atoms with Crippen LogP contribution in [0.4, 0.5) is 0 Å². The van der Waals surface area contributed by atoms with Crippen molar-refractivity contribution in [2.45, 2.75) is 6.54 Å². The Morgan fingerprint density at radius 1 is 1.44 bits per heavy atom. The van der Waals surface area contributed by atoms with Crippen LogP contribution in [0.5, 0.6) is 0 Å². The van der Waals surface area contributed by atoms with E-state index in [9.17, 15) is 4.79 Å². The third-order valence-electron chi connectivity index (χ3n) is 2.90. The number of rotatable bonds is 5. The molecular formula is C12H19N3O2S. The molecule has 5 nitrogen and oxygen atoms in total. The van der Waals surface area contributed by atoms with Crippen LogP contribution in [0, 0.1) is 0 Å². The second-order valence-electron chi connectivity index (χ2n) is 4.18. The summed E-state index contributed by atoms with van der Waals surface area (Å²) in [6.07, 6.45) is 0. The van der Waals surface area contributed by atoms with Crippen LogP contribution in [0.25, 0.3) is 0 Å². The lowest BCUT2D eigenvalue weighted by Crippen LogP contribution is -2.39. The van der Waals surface area contributed by atoms with Crippen LogP contribution in [-0.2, 0) is 6.54 Å². The fraction of sp³-hybridized carbons (Fsp3) is 0.583. The molecule has 1 aromatic heterocycles. The van der Waals surface area contributed by atoms with Gasteiger partial charge in [0.25, 0.3) is 5.91 Å². The smallest absolute Gasteiger partial charge is 0.287 e. The number of furan rings is 1. The van der Waals surface area contributed by atoms with Crippen molar-refractivity contribution < 1.29 is 9.21 Å². The van der Waals surface area contributed by atoms with E-state index in [1.165, 1.54) is 11.5 Å². The summed E-state index contributed by atoms with van der Waals surface area (Å²) < 4.78 is 5.28. The van der Waals surface area contributed by atoms with E-state index < -0.39 is 0 Å². The van der Waals surface area contributed by atoms with Gasteiger partial charge in [-0.1, -0.05) is 0 Å². The molecule has 0 unspecified atom stereocenters. The number of amides is 1. The first-order chi connectivity index (χ1) is 8.79. The van der Waals surface area contributed by atoms with E-state index in [2.05, 4.69) is 10.2 Å². The number of carbonyl (C=O) groups is 1. The average molecular weight is 269 g/mol. The van der Waals surface area contributed by atoms with E-state index in [-0.39, 0.29) is 5.91 Å². The summed E-state index contributed by atoms with van der Waals surface area (Å²) in [5.74, 6) is 3.18. The van der Waals surface area contributed by atoms with Gasteiger partial charge in [0.1, 0.15) is 5.76 Å². The van der Waals surface area contributed by atoms with Gasteiger partial charge in [-0.3, -0.25) is 9.69 Å². The molecule has 0 aliphatic carbocycles. The van der Waals surface area contributed by atoms with Crippen molar-refractivity contribution in [2.24, 2.45) is 5.73 Å². The maximum Gasteiger partial charge on any atom is 0.287 e. The number of carbonyl (C=O) groups excluding carboxylic acids is 1. The van der Waals surface area contributed by atoms with Crippen LogP contribution < -0.4 is 11.1 Å². The highest BCUT2D eigenvalue weighted by molar-refractivity contribution is 7.99. The quantitative estimate of drug-likeness (QED) is 0.815. The number of nitrogens with two attached hydrogens (primary N) is 1. The molecule has 1 saturated heterocycles. The zero-order chi connectivity index (χ0) is 12.8. The van der Waals surface area contributed by atoms with Crippen LogP contribution in [-0.4, -0.2) is 48.5 Å². The Morgan fingerprint density at radius 2 is 2.22 bits per heavy atom. The van der Waals surface area contributed by atoms with E-state index in [1.807, 2.05) is 11.8 Å². The summed E-state index contributed by atoms with van der Waals surface area (Å²) in [6, 6.07) is 3.39. The summed E-state index contributed by atoms with van der Waals surface area (Å²) in [4.78, 5) is 14.1. The van der Waals surface area contributed by atoms with Crippen molar-refractivity contribution in [1.82, 2.24) is 10.2 Å². The minimum atomic E-state index is -0.166. The second-order valence-corrected chi connectivity index (χ2v) is 5.40. The summed E-state index contributed by atoms with van der Waals surface area (Å²) in [7, 11) is 0. The Balaban J connectivity index is 1.70.